The van der Waals surface area contributed by atoms with Gasteiger partial charge in [0.05, 0.1) is 0 Å². The van der Waals surface area contributed by atoms with Crippen molar-refractivity contribution in [1.82, 2.24) is 0 Å². The summed E-state index contributed by atoms with van der Waals surface area (Å²) in [6, 6.07) is 8.17. The Bertz CT molecular complexity index is 391. The maximum Gasteiger partial charge on any atom is 0.303 e. The minimum absolute atomic E-state index is 0.317. The Hall–Kier alpha value is -1.51. The van der Waals surface area contributed by atoms with Crippen molar-refractivity contribution < 1.29 is 9.90 Å². The maximum atomic E-state index is 10.5. The minimum atomic E-state index is -0.671. The minimum Gasteiger partial charge on any atom is -0.481 e. The van der Waals surface area contributed by atoms with Crippen LogP contribution in [0.4, 0.5) is 5.69 Å². The van der Waals surface area contributed by atoms with Gasteiger partial charge in [0.25, 0.3) is 0 Å². The summed E-state index contributed by atoms with van der Waals surface area (Å²) in [7, 11) is 0. The fraction of sp³-hybridized carbons (Fsp3) is 0.533. The molecule has 0 amide bonds. The molecule has 1 aromatic rings. The molecule has 3 heteroatoms. The van der Waals surface area contributed by atoms with E-state index in [1.165, 1.54) is 18.4 Å². The third-order valence-corrected chi connectivity index (χ3v) is 4.02. The van der Waals surface area contributed by atoms with Crippen molar-refractivity contribution in [2.75, 3.05) is 5.73 Å². The summed E-state index contributed by atoms with van der Waals surface area (Å²) in [6.07, 6.45) is 5.81. The Morgan fingerprint density at radius 3 is 2.33 bits per heavy atom. The van der Waals surface area contributed by atoms with Crippen molar-refractivity contribution in [3.05, 3.63) is 29.8 Å². The second-order valence-electron chi connectivity index (χ2n) is 5.32. The lowest BCUT2D eigenvalue weighted by Crippen LogP contribution is -2.14. The molecule has 0 bridgehead atoms. The number of hydrogen-bond donors (Lipinski definition) is 2. The molecule has 0 aromatic heterocycles. The Balaban J connectivity index is 1.83. The average molecular weight is 247 g/mol. The molecule has 1 saturated carbocycles. The van der Waals surface area contributed by atoms with E-state index in [4.69, 9.17) is 10.8 Å². The zero-order valence-electron chi connectivity index (χ0n) is 10.6. The topological polar surface area (TPSA) is 63.3 Å². The van der Waals surface area contributed by atoms with Crippen LogP contribution in [0.25, 0.3) is 0 Å². The largest absolute Gasteiger partial charge is 0.481 e. The molecule has 2 rings (SSSR count). The van der Waals surface area contributed by atoms with E-state index >= 15 is 0 Å². The molecule has 0 spiro atoms. The Labute approximate surface area is 108 Å². The average Bonchev–Trinajstić information content (AvgIpc) is 2.38. The monoisotopic (exact) mass is 247 g/mol. The SMILES string of the molecule is Nc1ccc(C2CCC(CCC(=O)O)CC2)cc1. The number of rotatable bonds is 4. The highest BCUT2D eigenvalue weighted by atomic mass is 16.4. The van der Waals surface area contributed by atoms with Gasteiger partial charge in [-0.2, -0.15) is 0 Å². The number of carbonyl (C=O) groups is 1. The van der Waals surface area contributed by atoms with Gasteiger partial charge < -0.3 is 10.8 Å². The van der Waals surface area contributed by atoms with Gasteiger partial charge in [-0.1, -0.05) is 12.1 Å². The second kappa shape index (κ2) is 5.89. The molecule has 98 valence electrons. The third kappa shape index (κ3) is 3.49. The maximum absolute atomic E-state index is 10.5. The van der Waals surface area contributed by atoms with Crippen LogP contribution < -0.4 is 5.73 Å². The first-order valence-corrected chi connectivity index (χ1v) is 6.72. The van der Waals surface area contributed by atoms with Crippen molar-refractivity contribution in [3.8, 4) is 0 Å². The summed E-state index contributed by atoms with van der Waals surface area (Å²) in [5.41, 5.74) is 7.88. The summed E-state index contributed by atoms with van der Waals surface area (Å²) in [4.78, 5) is 10.5. The van der Waals surface area contributed by atoms with Gasteiger partial charge in [0, 0.05) is 12.1 Å². The lowest BCUT2D eigenvalue weighted by molar-refractivity contribution is -0.137. The number of hydrogen-bond acceptors (Lipinski definition) is 2. The number of carboxylic acids is 1. The fourth-order valence-corrected chi connectivity index (χ4v) is 2.88. The van der Waals surface area contributed by atoms with Crippen LogP contribution in [-0.2, 0) is 4.79 Å². The smallest absolute Gasteiger partial charge is 0.303 e. The molecular weight excluding hydrogens is 226 g/mol. The first kappa shape index (κ1) is 12.9. The first-order chi connectivity index (χ1) is 8.65. The Kier molecular flexibility index (Phi) is 4.24. The Morgan fingerprint density at radius 2 is 1.78 bits per heavy atom. The summed E-state index contributed by atoms with van der Waals surface area (Å²) in [5, 5.41) is 8.69. The fourth-order valence-electron chi connectivity index (χ4n) is 2.88. The van der Waals surface area contributed by atoms with E-state index in [1.54, 1.807) is 0 Å². The molecule has 1 aliphatic carbocycles. The van der Waals surface area contributed by atoms with Crippen molar-refractivity contribution >= 4 is 11.7 Å². The second-order valence-corrected chi connectivity index (χ2v) is 5.32. The number of aliphatic carboxylic acids is 1. The number of anilines is 1. The van der Waals surface area contributed by atoms with Crippen LogP contribution in [0.3, 0.4) is 0 Å². The van der Waals surface area contributed by atoms with Crippen LogP contribution in [-0.4, -0.2) is 11.1 Å². The van der Waals surface area contributed by atoms with E-state index in [9.17, 15) is 4.79 Å². The van der Waals surface area contributed by atoms with E-state index in [0.717, 1.165) is 24.9 Å². The highest BCUT2D eigenvalue weighted by Crippen LogP contribution is 2.37. The molecule has 0 radical (unpaired) electrons. The molecule has 18 heavy (non-hydrogen) atoms. The number of nitrogen functional groups attached to an aromatic ring is 1. The van der Waals surface area contributed by atoms with Crippen LogP contribution in [0.1, 0.15) is 50.0 Å². The highest BCUT2D eigenvalue weighted by Gasteiger charge is 2.22. The molecule has 0 saturated heterocycles. The van der Waals surface area contributed by atoms with Gasteiger partial charge >= 0.3 is 5.97 Å². The number of nitrogens with two attached hydrogens (primary N) is 1. The summed E-state index contributed by atoms with van der Waals surface area (Å²) in [6.45, 7) is 0. The molecular formula is C15H21NO2. The molecule has 1 fully saturated rings. The first-order valence-electron chi connectivity index (χ1n) is 6.72. The molecule has 0 heterocycles. The summed E-state index contributed by atoms with van der Waals surface area (Å²) in [5.74, 6) is 0.563. The third-order valence-electron chi connectivity index (χ3n) is 4.02. The van der Waals surface area contributed by atoms with E-state index in [-0.39, 0.29) is 0 Å². The summed E-state index contributed by atoms with van der Waals surface area (Å²) < 4.78 is 0. The van der Waals surface area contributed by atoms with Crippen LogP contribution in [0, 0.1) is 5.92 Å². The van der Waals surface area contributed by atoms with Crippen molar-refractivity contribution in [2.24, 2.45) is 5.92 Å². The van der Waals surface area contributed by atoms with Gasteiger partial charge in [-0.3, -0.25) is 4.79 Å². The van der Waals surface area contributed by atoms with Gasteiger partial charge in [-0.15, -0.1) is 0 Å². The van der Waals surface area contributed by atoms with Crippen molar-refractivity contribution in [2.45, 2.75) is 44.4 Å². The van der Waals surface area contributed by atoms with E-state index in [2.05, 4.69) is 12.1 Å². The van der Waals surface area contributed by atoms with E-state index in [0.29, 0.717) is 18.3 Å². The Morgan fingerprint density at radius 1 is 1.17 bits per heavy atom. The highest BCUT2D eigenvalue weighted by molar-refractivity contribution is 5.66. The molecule has 0 aliphatic heterocycles. The molecule has 3 nitrogen and oxygen atoms in total. The predicted molar refractivity (Wildman–Crippen MR) is 72.4 cm³/mol. The molecule has 0 unspecified atom stereocenters. The zero-order valence-corrected chi connectivity index (χ0v) is 10.6. The molecule has 3 N–H and O–H groups in total. The van der Waals surface area contributed by atoms with Crippen LogP contribution in [0.2, 0.25) is 0 Å². The normalized spacial score (nSPS) is 23.8. The van der Waals surface area contributed by atoms with Crippen LogP contribution in [0.15, 0.2) is 24.3 Å². The molecule has 0 atom stereocenters. The van der Waals surface area contributed by atoms with Crippen molar-refractivity contribution in [1.29, 1.82) is 0 Å². The van der Waals surface area contributed by atoms with Gasteiger partial charge in [-0.05, 0) is 61.6 Å². The van der Waals surface area contributed by atoms with Gasteiger partial charge in [0.1, 0.15) is 0 Å². The van der Waals surface area contributed by atoms with Gasteiger partial charge in [-0.25, -0.2) is 0 Å². The van der Waals surface area contributed by atoms with Gasteiger partial charge in [0.15, 0.2) is 0 Å². The summed E-state index contributed by atoms with van der Waals surface area (Å²) >= 11 is 0. The molecule has 1 aromatic carbocycles. The van der Waals surface area contributed by atoms with Gasteiger partial charge in [0.2, 0.25) is 0 Å². The standard InChI is InChI=1S/C15H21NO2/c16-14-8-6-13(7-9-14)12-4-1-11(2-5-12)3-10-15(17)18/h6-9,11-12H,1-5,10,16H2,(H,17,18). The lowest BCUT2D eigenvalue weighted by atomic mass is 9.77. The number of carboxylic acid groups (broad SMARTS) is 1. The van der Waals surface area contributed by atoms with E-state index < -0.39 is 5.97 Å². The predicted octanol–water partition coefficient (Wildman–Crippen LogP) is 3.41. The lowest BCUT2D eigenvalue weighted by Gasteiger charge is -2.28. The zero-order chi connectivity index (χ0) is 13.0. The quantitative estimate of drug-likeness (QED) is 0.801. The number of benzene rings is 1. The van der Waals surface area contributed by atoms with E-state index in [1.807, 2.05) is 12.1 Å². The molecule has 1 aliphatic rings. The van der Waals surface area contributed by atoms with Crippen molar-refractivity contribution in [3.63, 3.8) is 0 Å². The van der Waals surface area contributed by atoms with Crippen LogP contribution >= 0.6 is 0 Å². The van der Waals surface area contributed by atoms with Crippen LogP contribution in [0.5, 0.6) is 0 Å².